The average Bonchev–Trinajstić information content (AvgIpc) is 2.63. The van der Waals surface area contributed by atoms with Crippen molar-refractivity contribution in [3.63, 3.8) is 0 Å². The molecule has 0 bridgehead atoms. The van der Waals surface area contributed by atoms with Gasteiger partial charge in [-0.05, 0) is 86.6 Å². The van der Waals surface area contributed by atoms with Gasteiger partial charge in [0.15, 0.2) is 0 Å². The SMILES string of the molecule is COc1cc(C)c2c(c1C)CC(C(C)C(=O)N1CCCCC1)CC2. The Labute approximate surface area is 146 Å². The van der Waals surface area contributed by atoms with E-state index in [2.05, 4.69) is 31.7 Å². The Hall–Kier alpha value is -1.51. The van der Waals surface area contributed by atoms with Gasteiger partial charge >= 0.3 is 0 Å². The van der Waals surface area contributed by atoms with E-state index < -0.39 is 0 Å². The molecular weight excluding hydrogens is 298 g/mol. The summed E-state index contributed by atoms with van der Waals surface area (Å²) < 4.78 is 5.56. The van der Waals surface area contributed by atoms with Crippen molar-refractivity contribution in [2.24, 2.45) is 11.8 Å². The Morgan fingerprint density at radius 2 is 1.92 bits per heavy atom. The van der Waals surface area contributed by atoms with E-state index >= 15 is 0 Å². The summed E-state index contributed by atoms with van der Waals surface area (Å²) in [7, 11) is 1.75. The lowest BCUT2D eigenvalue weighted by Crippen LogP contribution is -2.42. The zero-order chi connectivity index (χ0) is 17.3. The molecule has 1 aromatic carbocycles. The summed E-state index contributed by atoms with van der Waals surface area (Å²) in [6.45, 7) is 8.41. The first-order chi connectivity index (χ1) is 11.5. The van der Waals surface area contributed by atoms with Gasteiger partial charge in [0.25, 0.3) is 0 Å². The monoisotopic (exact) mass is 329 g/mol. The highest BCUT2D eigenvalue weighted by atomic mass is 16.5. The Kier molecular flexibility index (Phi) is 5.17. The molecule has 1 saturated heterocycles. The number of likely N-dealkylation sites (tertiary alicyclic amines) is 1. The lowest BCUT2D eigenvalue weighted by Gasteiger charge is -2.35. The van der Waals surface area contributed by atoms with Crippen LogP contribution in [-0.2, 0) is 17.6 Å². The molecule has 1 aromatic rings. The smallest absolute Gasteiger partial charge is 0.225 e. The van der Waals surface area contributed by atoms with Gasteiger partial charge in [0, 0.05) is 19.0 Å². The molecule has 1 aliphatic heterocycles. The first-order valence-electron chi connectivity index (χ1n) is 9.47. The molecule has 0 spiro atoms. The van der Waals surface area contributed by atoms with E-state index in [0.717, 1.165) is 38.1 Å². The summed E-state index contributed by atoms with van der Waals surface area (Å²) in [6.07, 6.45) is 6.84. The highest BCUT2D eigenvalue weighted by Crippen LogP contribution is 2.38. The van der Waals surface area contributed by atoms with Gasteiger partial charge < -0.3 is 9.64 Å². The Balaban J connectivity index is 1.78. The summed E-state index contributed by atoms with van der Waals surface area (Å²) in [5.74, 6) is 1.95. The molecule has 3 nitrogen and oxygen atoms in total. The summed E-state index contributed by atoms with van der Waals surface area (Å²) in [5.41, 5.74) is 5.52. The van der Waals surface area contributed by atoms with Crippen molar-refractivity contribution in [1.29, 1.82) is 0 Å². The number of fused-ring (bicyclic) bond motifs is 1. The average molecular weight is 329 g/mol. The number of rotatable bonds is 3. The van der Waals surface area contributed by atoms with Crippen LogP contribution in [-0.4, -0.2) is 31.0 Å². The largest absolute Gasteiger partial charge is 0.496 e. The maximum atomic E-state index is 12.9. The molecule has 1 heterocycles. The molecule has 0 saturated carbocycles. The van der Waals surface area contributed by atoms with Crippen LogP contribution >= 0.6 is 0 Å². The molecule has 3 rings (SSSR count). The van der Waals surface area contributed by atoms with E-state index in [1.165, 1.54) is 41.5 Å². The number of ether oxygens (including phenoxy) is 1. The number of hydrogen-bond acceptors (Lipinski definition) is 2. The van der Waals surface area contributed by atoms with E-state index in [-0.39, 0.29) is 5.92 Å². The summed E-state index contributed by atoms with van der Waals surface area (Å²) in [6, 6.07) is 2.16. The fourth-order valence-corrected chi connectivity index (χ4v) is 4.57. The number of benzene rings is 1. The van der Waals surface area contributed by atoms with Crippen LogP contribution < -0.4 is 4.74 Å². The molecule has 1 aliphatic carbocycles. The van der Waals surface area contributed by atoms with Gasteiger partial charge in [-0.2, -0.15) is 0 Å². The third kappa shape index (κ3) is 3.18. The molecule has 1 amide bonds. The minimum atomic E-state index is 0.127. The normalized spacial score (nSPS) is 22.0. The van der Waals surface area contributed by atoms with E-state index in [1.54, 1.807) is 7.11 Å². The summed E-state index contributed by atoms with van der Waals surface area (Å²) in [5, 5.41) is 0. The molecule has 0 radical (unpaired) electrons. The zero-order valence-corrected chi connectivity index (χ0v) is 15.7. The molecule has 2 aliphatic rings. The van der Waals surface area contributed by atoms with Gasteiger partial charge in [0.1, 0.15) is 5.75 Å². The molecule has 2 unspecified atom stereocenters. The number of aryl methyl sites for hydroxylation is 1. The summed E-state index contributed by atoms with van der Waals surface area (Å²) >= 11 is 0. The van der Waals surface area contributed by atoms with Crippen LogP contribution in [0.5, 0.6) is 5.75 Å². The van der Waals surface area contributed by atoms with Crippen molar-refractivity contribution in [2.45, 2.75) is 59.3 Å². The van der Waals surface area contributed by atoms with Crippen molar-refractivity contribution >= 4 is 5.91 Å². The maximum absolute atomic E-state index is 12.9. The highest BCUT2D eigenvalue weighted by Gasteiger charge is 2.32. The Bertz CT molecular complexity index is 617. The second kappa shape index (κ2) is 7.16. The number of carbonyl (C=O) groups is 1. The van der Waals surface area contributed by atoms with Crippen LogP contribution in [0.25, 0.3) is 0 Å². The van der Waals surface area contributed by atoms with Crippen molar-refractivity contribution < 1.29 is 9.53 Å². The molecule has 24 heavy (non-hydrogen) atoms. The van der Waals surface area contributed by atoms with Gasteiger partial charge in [-0.3, -0.25) is 4.79 Å². The zero-order valence-electron chi connectivity index (χ0n) is 15.7. The van der Waals surface area contributed by atoms with E-state index in [4.69, 9.17) is 4.74 Å². The quantitative estimate of drug-likeness (QED) is 0.837. The molecule has 0 aromatic heterocycles. The number of nitrogens with zero attached hydrogens (tertiary/aromatic N) is 1. The van der Waals surface area contributed by atoms with E-state index in [1.807, 2.05) is 0 Å². The van der Waals surface area contributed by atoms with Crippen LogP contribution in [0.4, 0.5) is 0 Å². The van der Waals surface area contributed by atoms with Gasteiger partial charge in [0.2, 0.25) is 5.91 Å². The van der Waals surface area contributed by atoms with Gasteiger partial charge in [-0.15, -0.1) is 0 Å². The van der Waals surface area contributed by atoms with Crippen LogP contribution in [0, 0.1) is 25.7 Å². The van der Waals surface area contributed by atoms with Crippen molar-refractivity contribution in [1.82, 2.24) is 4.90 Å². The van der Waals surface area contributed by atoms with Gasteiger partial charge in [0.05, 0.1) is 7.11 Å². The number of carbonyl (C=O) groups excluding carboxylic acids is 1. The predicted molar refractivity (Wildman–Crippen MR) is 97.6 cm³/mol. The predicted octanol–water partition coefficient (Wildman–Crippen LogP) is 4.07. The molecule has 1 fully saturated rings. The number of hydrogen-bond donors (Lipinski definition) is 0. The summed E-state index contributed by atoms with van der Waals surface area (Å²) in [4.78, 5) is 15.0. The van der Waals surface area contributed by atoms with Crippen molar-refractivity contribution in [3.05, 3.63) is 28.3 Å². The van der Waals surface area contributed by atoms with Crippen LogP contribution in [0.15, 0.2) is 6.07 Å². The highest BCUT2D eigenvalue weighted by molar-refractivity contribution is 5.79. The van der Waals surface area contributed by atoms with Crippen LogP contribution in [0.1, 0.15) is 54.9 Å². The second-order valence-electron chi connectivity index (χ2n) is 7.66. The number of amides is 1. The first kappa shape index (κ1) is 17.3. The minimum Gasteiger partial charge on any atom is -0.496 e. The molecule has 132 valence electrons. The Morgan fingerprint density at radius 3 is 2.58 bits per heavy atom. The van der Waals surface area contributed by atoms with Gasteiger partial charge in [-0.25, -0.2) is 0 Å². The molecule has 3 heteroatoms. The third-order valence-corrected chi connectivity index (χ3v) is 6.23. The third-order valence-electron chi connectivity index (χ3n) is 6.23. The fraction of sp³-hybridized carbons (Fsp3) is 0.667. The standard InChI is InChI=1S/C21H31NO2/c1-14-12-20(24-4)16(3)19-13-17(8-9-18(14)19)15(2)21(23)22-10-6-5-7-11-22/h12,15,17H,5-11,13H2,1-4H3. The first-order valence-corrected chi connectivity index (χ1v) is 9.47. The molecule has 0 N–H and O–H groups in total. The topological polar surface area (TPSA) is 29.5 Å². The number of methoxy groups -OCH3 is 1. The van der Waals surface area contributed by atoms with Crippen LogP contribution in [0.3, 0.4) is 0 Å². The van der Waals surface area contributed by atoms with Crippen molar-refractivity contribution in [2.75, 3.05) is 20.2 Å². The fourth-order valence-electron chi connectivity index (χ4n) is 4.57. The lowest BCUT2D eigenvalue weighted by molar-refractivity contribution is -0.137. The lowest BCUT2D eigenvalue weighted by atomic mass is 9.74. The molecular formula is C21H31NO2. The number of piperidine rings is 1. The van der Waals surface area contributed by atoms with E-state index in [9.17, 15) is 4.79 Å². The van der Waals surface area contributed by atoms with Crippen molar-refractivity contribution in [3.8, 4) is 5.75 Å². The maximum Gasteiger partial charge on any atom is 0.225 e. The Morgan fingerprint density at radius 1 is 1.21 bits per heavy atom. The molecule has 2 atom stereocenters. The van der Waals surface area contributed by atoms with Crippen LogP contribution in [0.2, 0.25) is 0 Å². The second-order valence-corrected chi connectivity index (χ2v) is 7.66. The van der Waals surface area contributed by atoms with E-state index in [0.29, 0.717) is 11.8 Å². The minimum absolute atomic E-state index is 0.127. The van der Waals surface area contributed by atoms with Gasteiger partial charge in [-0.1, -0.05) is 6.92 Å².